The van der Waals surface area contributed by atoms with Gasteiger partial charge in [0.15, 0.2) is 0 Å². The Morgan fingerprint density at radius 1 is 1.16 bits per heavy atom. The predicted molar refractivity (Wildman–Crippen MR) is 116 cm³/mol. The summed E-state index contributed by atoms with van der Waals surface area (Å²) in [5.74, 6) is -0.469. The number of amides is 1. The Morgan fingerprint density at radius 2 is 1.88 bits per heavy atom. The summed E-state index contributed by atoms with van der Waals surface area (Å²) in [5.41, 5.74) is 1.95. The molecule has 1 amide bonds. The van der Waals surface area contributed by atoms with Crippen LogP contribution in [-0.2, 0) is 16.6 Å². The molecule has 2 aromatic carbocycles. The Balaban J connectivity index is 1.54. The van der Waals surface area contributed by atoms with Crippen molar-refractivity contribution in [3.63, 3.8) is 0 Å². The lowest BCUT2D eigenvalue weighted by atomic mass is 10.1. The van der Waals surface area contributed by atoms with Crippen LogP contribution in [0.3, 0.4) is 0 Å². The highest BCUT2D eigenvalue weighted by atomic mass is 32.2. The average molecular weight is 459 g/mol. The Bertz CT molecular complexity index is 1220. The smallest absolute Gasteiger partial charge is 0.269 e. The Hall–Kier alpha value is -3.24. The van der Waals surface area contributed by atoms with Crippen LogP contribution in [0, 0.1) is 5.82 Å². The number of benzene rings is 2. The summed E-state index contributed by atoms with van der Waals surface area (Å²) >= 11 is 0. The number of hydrogen-bond acceptors (Lipinski definition) is 5. The van der Waals surface area contributed by atoms with Crippen molar-refractivity contribution in [1.29, 1.82) is 0 Å². The molecule has 0 spiro atoms. The van der Waals surface area contributed by atoms with Crippen molar-refractivity contribution >= 4 is 15.9 Å². The number of aromatic amines is 1. The molecule has 1 aliphatic heterocycles. The number of carbonyl (C=O) groups excluding carboxylic acids is 1. The number of H-pyrrole nitrogens is 1. The van der Waals surface area contributed by atoms with E-state index in [1.165, 1.54) is 29.6 Å². The number of ether oxygens (including phenoxy) is 1. The van der Waals surface area contributed by atoms with Crippen LogP contribution in [0.1, 0.15) is 28.9 Å². The highest BCUT2D eigenvalue weighted by molar-refractivity contribution is 7.89. The second-order valence-corrected chi connectivity index (χ2v) is 9.36. The molecular formula is C22H23FN4O4S. The third kappa shape index (κ3) is 4.51. The van der Waals surface area contributed by atoms with Crippen LogP contribution in [0.2, 0.25) is 0 Å². The number of sulfonamides is 1. The van der Waals surface area contributed by atoms with Crippen molar-refractivity contribution in [3.05, 3.63) is 65.6 Å². The van der Waals surface area contributed by atoms with E-state index in [1.807, 2.05) is 0 Å². The van der Waals surface area contributed by atoms with E-state index in [2.05, 4.69) is 15.5 Å². The van der Waals surface area contributed by atoms with Gasteiger partial charge in [-0.1, -0.05) is 12.1 Å². The number of halogens is 1. The zero-order valence-corrected chi connectivity index (χ0v) is 18.3. The second kappa shape index (κ2) is 9.09. The van der Waals surface area contributed by atoms with E-state index in [9.17, 15) is 17.6 Å². The molecule has 0 atom stereocenters. The molecule has 0 saturated carbocycles. The van der Waals surface area contributed by atoms with Gasteiger partial charge >= 0.3 is 0 Å². The maximum atomic E-state index is 13.1. The van der Waals surface area contributed by atoms with E-state index in [0.29, 0.717) is 24.3 Å². The first-order valence-electron chi connectivity index (χ1n) is 10.1. The summed E-state index contributed by atoms with van der Waals surface area (Å²) in [4.78, 5) is 12.5. The standard InChI is InChI=1S/C22H23FN4O4S/c1-31-20-9-6-16(12-21(20)32(29,30)27-10-2-3-11-27)18-13-19(26-25-18)22(28)24-14-15-4-7-17(23)8-5-15/h4-9,12-13H,2-3,10-11,14H2,1H3,(H,24,28)(H,25,26). The molecule has 32 heavy (non-hydrogen) atoms. The van der Waals surface area contributed by atoms with Gasteiger partial charge in [0.1, 0.15) is 22.2 Å². The first kappa shape index (κ1) is 22.0. The quantitative estimate of drug-likeness (QED) is 0.567. The van der Waals surface area contributed by atoms with Crippen molar-refractivity contribution < 1.29 is 22.3 Å². The number of hydrogen-bond donors (Lipinski definition) is 2. The van der Waals surface area contributed by atoms with Gasteiger partial charge in [-0.15, -0.1) is 0 Å². The lowest BCUT2D eigenvalue weighted by molar-refractivity contribution is 0.0946. The molecule has 0 bridgehead atoms. The Labute approximate surface area is 185 Å². The first-order chi connectivity index (χ1) is 15.4. The van der Waals surface area contributed by atoms with Gasteiger partial charge in [-0.2, -0.15) is 9.40 Å². The first-order valence-corrected chi connectivity index (χ1v) is 11.6. The van der Waals surface area contributed by atoms with Gasteiger partial charge in [-0.3, -0.25) is 9.89 Å². The summed E-state index contributed by atoms with van der Waals surface area (Å²) in [6.07, 6.45) is 1.66. The van der Waals surface area contributed by atoms with Crippen LogP contribution in [-0.4, -0.2) is 49.0 Å². The van der Waals surface area contributed by atoms with Crippen LogP contribution < -0.4 is 10.1 Å². The number of carbonyl (C=O) groups is 1. The van der Waals surface area contributed by atoms with Gasteiger partial charge in [-0.25, -0.2) is 12.8 Å². The van der Waals surface area contributed by atoms with E-state index in [1.54, 1.807) is 30.3 Å². The molecule has 0 aliphatic carbocycles. The highest BCUT2D eigenvalue weighted by Crippen LogP contribution is 2.32. The van der Waals surface area contributed by atoms with Crippen LogP contribution >= 0.6 is 0 Å². The fraction of sp³-hybridized carbons (Fsp3) is 0.273. The van der Waals surface area contributed by atoms with Gasteiger partial charge in [0.25, 0.3) is 5.91 Å². The van der Waals surface area contributed by atoms with Crippen molar-refractivity contribution in [2.24, 2.45) is 0 Å². The molecule has 2 heterocycles. The third-order valence-corrected chi connectivity index (χ3v) is 7.25. The van der Waals surface area contributed by atoms with Crippen molar-refractivity contribution in [2.75, 3.05) is 20.2 Å². The summed E-state index contributed by atoms with van der Waals surface area (Å²) in [5, 5.41) is 9.58. The topological polar surface area (TPSA) is 104 Å². The largest absolute Gasteiger partial charge is 0.495 e. The number of methoxy groups -OCH3 is 1. The van der Waals surface area contributed by atoms with E-state index in [-0.39, 0.29) is 34.6 Å². The monoisotopic (exact) mass is 458 g/mol. The minimum absolute atomic E-state index is 0.0738. The van der Waals surface area contributed by atoms with Gasteiger partial charge in [0, 0.05) is 25.2 Å². The number of nitrogens with zero attached hydrogens (tertiary/aromatic N) is 2. The molecular weight excluding hydrogens is 435 g/mol. The lowest BCUT2D eigenvalue weighted by Crippen LogP contribution is -2.28. The molecule has 168 valence electrons. The molecule has 0 radical (unpaired) electrons. The van der Waals surface area contributed by atoms with Crippen LogP contribution in [0.25, 0.3) is 11.3 Å². The predicted octanol–water partition coefficient (Wildman–Crippen LogP) is 2.94. The van der Waals surface area contributed by atoms with Gasteiger partial charge in [-0.05, 0) is 54.8 Å². The summed E-state index contributed by atoms with van der Waals surface area (Å²) in [7, 11) is -2.27. The normalized spacial score (nSPS) is 14.4. The zero-order chi connectivity index (χ0) is 22.7. The van der Waals surface area contributed by atoms with Crippen molar-refractivity contribution in [3.8, 4) is 17.0 Å². The van der Waals surface area contributed by atoms with Crippen LogP contribution in [0.4, 0.5) is 4.39 Å². The van der Waals surface area contributed by atoms with E-state index in [0.717, 1.165) is 18.4 Å². The summed E-state index contributed by atoms with van der Waals surface area (Å²) < 4.78 is 45.9. The highest BCUT2D eigenvalue weighted by Gasteiger charge is 2.30. The number of nitrogens with one attached hydrogen (secondary N) is 2. The average Bonchev–Trinajstić information content (AvgIpc) is 3.51. The maximum Gasteiger partial charge on any atom is 0.269 e. The Morgan fingerprint density at radius 3 is 2.56 bits per heavy atom. The van der Waals surface area contributed by atoms with Crippen molar-refractivity contribution in [2.45, 2.75) is 24.3 Å². The minimum atomic E-state index is -3.70. The molecule has 8 nitrogen and oxygen atoms in total. The second-order valence-electron chi connectivity index (χ2n) is 7.45. The lowest BCUT2D eigenvalue weighted by Gasteiger charge is -2.18. The molecule has 0 unspecified atom stereocenters. The molecule has 1 saturated heterocycles. The molecule has 1 aromatic heterocycles. The molecule has 2 N–H and O–H groups in total. The maximum absolute atomic E-state index is 13.1. The number of aromatic nitrogens is 2. The number of rotatable bonds is 7. The summed E-state index contributed by atoms with van der Waals surface area (Å²) in [6.45, 7) is 1.20. The molecule has 10 heteroatoms. The van der Waals surface area contributed by atoms with E-state index < -0.39 is 10.0 Å². The fourth-order valence-corrected chi connectivity index (χ4v) is 5.27. The molecule has 1 fully saturated rings. The Kier molecular flexibility index (Phi) is 6.24. The molecule has 4 rings (SSSR count). The third-order valence-electron chi connectivity index (χ3n) is 5.33. The molecule has 3 aromatic rings. The van der Waals surface area contributed by atoms with E-state index in [4.69, 9.17) is 4.74 Å². The van der Waals surface area contributed by atoms with Crippen LogP contribution in [0.5, 0.6) is 5.75 Å². The SMILES string of the molecule is COc1ccc(-c2cc(C(=O)NCc3ccc(F)cc3)[nH]n2)cc1S(=O)(=O)N1CCCC1. The van der Waals surface area contributed by atoms with Crippen molar-refractivity contribution in [1.82, 2.24) is 19.8 Å². The summed E-state index contributed by atoms with van der Waals surface area (Å²) in [6, 6.07) is 12.2. The van der Waals surface area contributed by atoms with Crippen LogP contribution in [0.15, 0.2) is 53.4 Å². The van der Waals surface area contributed by atoms with Gasteiger partial charge in [0.2, 0.25) is 10.0 Å². The zero-order valence-electron chi connectivity index (χ0n) is 17.5. The minimum Gasteiger partial charge on any atom is -0.495 e. The van der Waals surface area contributed by atoms with Gasteiger partial charge in [0.05, 0.1) is 12.8 Å². The molecule has 1 aliphatic rings. The van der Waals surface area contributed by atoms with E-state index >= 15 is 0 Å². The fourth-order valence-electron chi connectivity index (χ4n) is 3.57. The van der Waals surface area contributed by atoms with Gasteiger partial charge < -0.3 is 10.1 Å².